The highest BCUT2D eigenvalue weighted by molar-refractivity contribution is 6.30. The normalized spacial score (nSPS) is 16.2. The Morgan fingerprint density at radius 1 is 1.10 bits per heavy atom. The van der Waals surface area contributed by atoms with Crippen LogP contribution in [0, 0.1) is 5.92 Å². The number of carbonyl (C=O) groups is 3. The van der Waals surface area contributed by atoms with Gasteiger partial charge in [-0.1, -0.05) is 11.6 Å². The van der Waals surface area contributed by atoms with Gasteiger partial charge in [-0.2, -0.15) is 0 Å². The minimum absolute atomic E-state index is 0.0538. The number of ketones is 1. The first-order valence-corrected chi connectivity index (χ1v) is 9.74. The quantitative estimate of drug-likeness (QED) is 0.506. The number of rotatable bonds is 7. The molecule has 0 aromatic heterocycles. The lowest BCUT2D eigenvalue weighted by atomic mass is 10.1. The van der Waals surface area contributed by atoms with Gasteiger partial charge in [0.2, 0.25) is 5.91 Å². The van der Waals surface area contributed by atoms with Crippen molar-refractivity contribution >= 4 is 34.9 Å². The molecular formula is C22H22ClNO5. The lowest BCUT2D eigenvalue weighted by molar-refractivity contribution is -0.147. The van der Waals surface area contributed by atoms with Crippen molar-refractivity contribution < 1.29 is 23.9 Å². The SMILES string of the molecule is CC(C)Oc1ccc(N2C[C@H](C(=O)OCC(=O)c3ccc(Cl)cc3)CC2=O)cc1. The van der Waals surface area contributed by atoms with Crippen LogP contribution in [0.5, 0.6) is 5.75 Å². The van der Waals surface area contributed by atoms with Crippen LogP contribution < -0.4 is 9.64 Å². The number of nitrogens with zero attached hydrogens (tertiary/aromatic N) is 1. The van der Waals surface area contributed by atoms with Gasteiger partial charge in [0.05, 0.1) is 12.0 Å². The van der Waals surface area contributed by atoms with E-state index in [-0.39, 0.29) is 37.4 Å². The first kappa shape index (κ1) is 20.9. The summed E-state index contributed by atoms with van der Waals surface area (Å²) in [4.78, 5) is 38.4. The van der Waals surface area contributed by atoms with E-state index in [1.807, 2.05) is 13.8 Å². The first-order chi connectivity index (χ1) is 13.8. The third-order valence-corrected chi connectivity index (χ3v) is 4.74. The molecule has 7 heteroatoms. The van der Waals surface area contributed by atoms with Crippen molar-refractivity contribution in [2.75, 3.05) is 18.1 Å². The number of benzene rings is 2. The van der Waals surface area contributed by atoms with Gasteiger partial charge in [-0.25, -0.2) is 0 Å². The van der Waals surface area contributed by atoms with E-state index in [0.717, 1.165) is 0 Å². The third kappa shape index (κ3) is 5.35. The molecule has 0 radical (unpaired) electrons. The van der Waals surface area contributed by atoms with Crippen LogP contribution >= 0.6 is 11.6 Å². The highest BCUT2D eigenvalue weighted by Crippen LogP contribution is 2.27. The Morgan fingerprint density at radius 3 is 2.38 bits per heavy atom. The van der Waals surface area contributed by atoms with Crippen molar-refractivity contribution in [2.45, 2.75) is 26.4 Å². The Bertz CT molecular complexity index is 892. The zero-order valence-electron chi connectivity index (χ0n) is 16.3. The van der Waals surface area contributed by atoms with Crippen molar-refractivity contribution in [3.8, 4) is 5.75 Å². The summed E-state index contributed by atoms with van der Waals surface area (Å²) < 4.78 is 10.7. The van der Waals surface area contributed by atoms with E-state index in [0.29, 0.717) is 22.0 Å². The lowest BCUT2D eigenvalue weighted by Crippen LogP contribution is -2.27. The number of Topliss-reactive ketones (excluding diaryl/α,β-unsaturated/α-hetero) is 1. The van der Waals surface area contributed by atoms with Gasteiger partial charge in [0, 0.05) is 29.2 Å². The fourth-order valence-electron chi connectivity index (χ4n) is 3.07. The van der Waals surface area contributed by atoms with E-state index in [1.165, 1.54) is 0 Å². The van der Waals surface area contributed by atoms with Crippen LogP contribution in [-0.4, -0.2) is 36.9 Å². The summed E-state index contributed by atoms with van der Waals surface area (Å²) in [7, 11) is 0. The number of hydrogen-bond donors (Lipinski definition) is 0. The van der Waals surface area contributed by atoms with Gasteiger partial charge in [0.25, 0.3) is 0 Å². The van der Waals surface area contributed by atoms with Gasteiger partial charge >= 0.3 is 5.97 Å². The monoisotopic (exact) mass is 415 g/mol. The average Bonchev–Trinajstić information content (AvgIpc) is 3.08. The van der Waals surface area contributed by atoms with Crippen LogP contribution in [0.2, 0.25) is 5.02 Å². The van der Waals surface area contributed by atoms with E-state index in [2.05, 4.69) is 0 Å². The van der Waals surface area contributed by atoms with Crippen molar-refractivity contribution in [3.63, 3.8) is 0 Å². The highest BCUT2D eigenvalue weighted by Gasteiger charge is 2.36. The Balaban J connectivity index is 1.55. The molecule has 1 aliphatic rings. The lowest BCUT2D eigenvalue weighted by Gasteiger charge is -2.17. The molecule has 1 atom stereocenters. The zero-order valence-corrected chi connectivity index (χ0v) is 17.0. The molecule has 152 valence electrons. The van der Waals surface area contributed by atoms with Crippen LogP contribution in [0.4, 0.5) is 5.69 Å². The molecule has 0 bridgehead atoms. The maximum atomic E-state index is 12.4. The van der Waals surface area contributed by atoms with Crippen molar-refractivity contribution in [3.05, 3.63) is 59.1 Å². The summed E-state index contributed by atoms with van der Waals surface area (Å²) in [6, 6.07) is 13.5. The average molecular weight is 416 g/mol. The third-order valence-electron chi connectivity index (χ3n) is 4.49. The van der Waals surface area contributed by atoms with Crippen LogP contribution in [0.1, 0.15) is 30.6 Å². The second-order valence-electron chi connectivity index (χ2n) is 7.10. The summed E-state index contributed by atoms with van der Waals surface area (Å²) in [6.07, 6.45) is 0.113. The molecule has 0 N–H and O–H groups in total. The van der Waals surface area contributed by atoms with Crippen molar-refractivity contribution in [1.82, 2.24) is 0 Å². The van der Waals surface area contributed by atoms with Gasteiger partial charge in [-0.05, 0) is 62.4 Å². The summed E-state index contributed by atoms with van der Waals surface area (Å²) in [5.41, 5.74) is 1.11. The molecule has 2 aromatic carbocycles. The molecule has 3 rings (SSSR count). The fraction of sp³-hybridized carbons (Fsp3) is 0.318. The highest BCUT2D eigenvalue weighted by atomic mass is 35.5. The second-order valence-corrected chi connectivity index (χ2v) is 7.54. The van der Waals surface area contributed by atoms with Crippen LogP contribution in [0.3, 0.4) is 0 Å². The number of hydrogen-bond acceptors (Lipinski definition) is 5. The molecule has 6 nitrogen and oxygen atoms in total. The Kier molecular flexibility index (Phi) is 6.54. The topological polar surface area (TPSA) is 72.9 Å². The molecule has 0 saturated carbocycles. The van der Waals surface area contributed by atoms with E-state index in [9.17, 15) is 14.4 Å². The van der Waals surface area contributed by atoms with E-state index in [1.54, 1.807) is 53.4 Å². The van der Waals surface area contributed by atoms with Crippen molar-refractivity contribution in [1.29, 1.82) is 0 Å². The van der Waals surface area contributed by atoms with Gasteiger partial charge in [0.1, 0.15) is 5.75 Å². The molecule has 1 saturated heterocycles. The van der Waals surface area contributed by atoms with Gasteiger partial charge in [0.15, 0.2) is 12.4 Å². The summed E-state index contributed by atoms with van der Waals surface area (Å²) in [5, 5.41) is 0.520. The number of ether oxygens (including phenoxy) is 2. The summed E-state index contributed by atoms with van der Waals surface area (Å²) >= 11 is 5.80. The van der Waals surface area contributed by atoms with Gasteiger partial charge in [-0.3, -0.25) is 14.4 Å². The zero-order chi connectivity index (χ0) is 21.0. The number of esters is 1. The van der Waals surface area contributed by atoms with Crippen LogP contribution in [-0.2, 0) is 14.3 Å². The Morgan fingerprint density at radius 2 is 1.76 bits per heavy atom. The van der Waals surface area contributed by atoms with Crippen LogP contribution in [0.15, 0.2) is 48.5 Å². The summed E-state index contributed by atoms with van der Waals surface area (Å²) in [5.74, 6) is -0.924. The number of carbonyl (C=O) groups excluding carboxylic acids is 3. The molecular weight excluding hydrogens is 394 g/mol. The number of anilines is 1. The molecule has 1 fully saturated rings. The molecule has 0 spiro atoms. The molecule has 2 aromatic rings. The first-order valence-electron chi connectivity index (χ1n) is 9.36. The van der Waals surface area contributed by atoms with Gasteiger partial charge in [-0.15, -0.1) is 0 Å². The molecule has 29 heavy (non-hydrogen) atoms. The minimum Gasteiger partial charge on any atom is -0.491 e. The summed E-state index contributed by atoms with van der Waals surface area (Å²) in [6.45, 7) is 3.72. The maximum Gasteiger partial charge on any atom is 0.311 e. The van der Waals surface area contributed by atoms with E-state index >= 15 is 0 Å². The van der Waals surface area contributed by atoms with Crippen LogP contribution in [0.25, 0.3) is 0 Å². The second kappa shape index (κ2) is 9.09. The predicted octanol–water partition coefficient (Wildman–Crippen LogP) is 3.91. The largest absolute Gasteiger partial charge is 0.491 e. The molecule has 0 unspecified atom stereocenters. The smallest absolute Gasteiger partial charge is 0.311 e. The molecule has 1 amide bonds. The number of halogens is 1. The molecule has 1 aliphatic heterocycles. The van der Waals surface area contributed by atoms with Gasteiger partial charge < -0.3 is 14.4 Å². The standard InChI is InChI=1S/C22H22ClNO5/c1-14(2)29-19-9-7-18(8-10-19)24-12-16(11-21(24)26)22(27)28-13-20(25)15-3-5-17(23)6-4-15/h3-10,14,16H,11-13H2,1-2H3/t16-/m1/s1. The van der Waals surface area contributed by atoms with E-state index in [4.69, 9.17) is 21.1 Å². The predicted molar refractivity (Wildman–Crippen MR) is 109 cm³/mol. The van der Waals surface area contributed by atoms with E-state index < -0.39 is 11.9 Å². The molecule has 1 heterocycles. The fourth-order valence-corrected chi connectivity index (χ4v) is 3.19. The number of amides is 1. The molecule has 0 aliphatic carbocycles. The Hall–Kier alpha value is -2.86. The minimum atomic E-state index is -0.605. The maximum absolute atomic E-state index is 12.4. The Labute approximate surface area is 174 Å². The van der Waals surface area contributed by atoms with Crippen molar-refractivity contribution in [2.24, 2.45) is 5.92 Å².